The number of hydrogen-bond acceptors (Lipinski definition) is 1. The van der Waals surface area contributed by atoms with Gasteiger partial charge < -0.3 is 4.90 Å². The molecule has 18 heavy (non-hydrogen) atoms. The summed E-state index contributed by atoms with van der Waals surface area (Å²) in [5.41, 5.74) is 0.580. The molecule has 2 rings (SSSR count). The lowest BCUT2D eigenvalue weighted by atomic mass is 9.95. The number of carbonyl (C=O) groups excluding carboxylic acids is 1. The summed E-state index contributed by atoms with van der Waals surface area (Å²) >= 11 is 3.45. The smallest absolute Gasteiger partial charge is 0.253 e. The molecule has 1 aliphatic rings. The molecule has 1 unspecified atom stereocenters. The van der Waals surface area contributed by atoms with E-state index in [1.807, 2.05) is 4.90 Å². The van der Waals surface area contributed by atoms with Crippen LogP contribution in [0.1, 0.15) is 29.6 Å². The zero-order valence-corrected chi connectivity index (χ0v) is 11.8. The van der Waals surface area contributed by atoms with E-state index >= 15 is 0 Å². The molecular weight excluding hydrogens is 297 g/mol. The molecule has 1 saturated heterocycles. The Balaban J connectivity index is 2.02. The molecule has 1 heterocycles. The van der Waals surface area contributed by atoms with Gasteiger partial charge >= 0.3 is 0 Å². The Bertz CT molecular complexity index is 405. The Hall–Kier alpha value is -0.900. The van der Waals surface area contributed by atoms with Crippen LogP contribution in [0.25, 0.3) is 0 Å². The number of halogens is 2. The second kappa shape index (κ2) is 6.32. The first-order valence-electron chi connectivity index (χ1n) is 6.31. The summed E-state index contributed by atoms with van der Waals surface area (Å²) in [5.74, 6) is 0.305. The first kappa shape index (κ1) is 13.5. The topological polar surface area (TPSA) is 20.3 Å². The summed E-state index contributed by atoms with van der Waals surface area (Å²) in [5, 5.41) is 0.982. The second-order valence-electron chi connectivity index (χ2n) is 4.74. The van der Waals surface area contributed by atoms with Crippen molar-refractivity contribution in [2.75, 3.05) is 18.4 Å². The zero-order chi connectivity index (χ0) is 13.0. The molecular formula is C14H17BrFNO. The molecule has 1 fully saturated rings. The fourth-order valence-electron chi connectivity index (χ4n) is 2.41. The van der Waals surface area contributed by atoms with Crippen LogP contribution in [-0.4, -0.2) is 29.2 Å². The maximum atomic E-state index is 12.8. The number of hydrogen-bond donors (Lipinski definition) is 0. The third-order valence-corrected chi connectivity index (χ3v) is 3.87. The van der Waals surface area contributed by atoms with E-state index in [1.165, 1.54) is 18.6 Å². The van der Waals surface area contributed by atoms with Crippen molar-refractivity contribution in [2.24, 2.45) is 5.92 Å². The van der Waals surface area contributed by atoms with Crippen LogP contribution < -0.4 is 0 Å². The molecule has 1 aromatic rings. The monoisotopic (exact) mass is 313 g/mol. The van der Waals surface area contributed by atoms with E-state index in [4.69, 9.17) is 0 Å². The van der Waals surface area contributed by atoms with Gasteiger partial charge in [0.05, 0.1) is 0 Å². The lowest BCUT2D eigenvalue weighted by Crippen LogP contribution is -2.40. The predicted octanol–water partition coefficient (Wildman–Crippen LogP) is 3.46. The number of nitrogens with zero attached hydrogens (tertiary/aromatic N) is 1. The normalized spacial score (nSPS) is 19.9. The highest BCUT2D eigenvalue weighted by molar-refractivity contribution is 9.09. The van der Waals surface area contributed by atoms with Crippen molar-refractivity contribution in [3.05, 3.63) is 35.6 Å². The second-order valence-corrected chi connectivity index (χ2v) is 5.54. The van der Waals surface area contributed by atoms with E-state index in [-0.39, 0.29) is 11.7 Å². The van der Waals surface area contributed by atoms with Gasteiger partial charge in [0.2, 0.25) is 0 Å². The fourth-order valence-corrected chi connectivity index (χ4v) is 3.06. The standard InChI is InChI=1S/C14H17BrFNO/c15-8-7-11-2-1-9-17(10-11)14(18)12-3-5-13(16)6-4-12/h3-6,11H,1-2,7-10H2. The van der Waals surface area contributed by atoms with Gasteiger partial charge in [0, 0.05) is 24.0 Å². The Morgan fingerprint density at radius 3 is 2.78 bits per heavy atom. The van der Waals surface area contributed by atoms with Crippen molar-refractivity contribution in [3.8, 4) is 0 Å². The molecule has 1 aromatic carbocycles. The summed E-state index contributed by atoms with van der Waals surface area (Å²) < 4.78 is 12.8. The molecule has 0 bridgehead atoms. The summed E-state index contributed by atoms with van der Waals surface area (Å²) in [6.07, 6.45) is 3.36. The van der Waals surface area contributed by atoms with Crippen molar-refractivity contribution in [2.45, 2.75) is 19.3 Å². The van der Waals surface area contributed by atoms with Crippen LogP contribution >= 0.6 is 15.9 Å². The van der Waals surface area contributed by atoms with Gasteiger partial charge in [-0.1, -0.05) is 15.9 Å². The molecule has 0 aliphatic carbocycles. The van der Waals surface area contributed by atoms with Gasteiger partial charge in [-0.05, 0) is 49.4 Å². The predicted molar refractivity (Wildman–Crippen MR) is 73.4 cm³/mol. The maximum Gasteiger partial charge on any atom is 0.253 e. The van der Waals surface area contributed by atoms with Gasteiger partial charge in [0.25, 0.3) is 5.91 Å². The number of benzene rings is 1. The van der Waals surface area contributed by atoms with Crippen LogP contribution in [0.3, 0.4) is 0 Å². The number of likely N-dealkylation sites (tertiary alicyclic amines) is 1. The number of rotatable bonds is 3. The van der Waals surface area contributed by atoms with Crippen molar-refractivity contribution < 1.29 is 9.18 Å². The lowest BCUT2D eigenvalue weighted by molar-refractivity contribution is 0.0672. The Morgan fingerprint density at radius 1 is 1.39 bits per heavy atom. The van der Waals surface area contributed by atoms with E-state index in [9.17, 15) is 9.18 Å². The van der Waals surface area contributed by atoms with Crippen molar-refractivity contribution in [1.29, 1.82) is 0 Å². The Labute approximate surface area is 115 Å². The van der Waals surface area contributed by atoms with E-state index in [0.717, 1.165) is 31.3 Å². The number of alkyl halides is 1. The molecule has 1 amide bonds. The molecule has 0 radical (unpaired) electrons. The summed E-state index contributed by atoms with van der Waals surface area (Å²) in [6, 6.07) is 5.80. The van der Waals surface area contributed by atoms with Crippen LogP contribution in [-0.2, 0) is 0 Å². The molecule has 0 spiro atoms. The largest absolute Gasteiger partial charge is 0.338 e. The minimum Gasteiger partial charge on any atom is -0.338 e. The van der Waals surface area contributed by atoms with E-state index in [0.29, 0.717) is 11.5 Å². The minimum atomic E-state index is -0.303. The molecule has 2 nitrogen and oxygen atoms in total. The van der Waals surface area contributed by atoms with Crippen LogP contribution in [0.15, 0.2) is 24.3 Å². The summed E-state index contributed by atoms with van der Waals surface area (Å²) in [6.45, 7) is 1.64. The first-order valence-corrected chi connectivity index (χ1v) is 7.43. The molecule has 0 N–H and O–H groups in total. The van der Waals surface area contributed by atoms with E-state index in [1.54, 1.807) is 12.1 Å². The third-order valence-electron chi connectivity index (χ3n) is 3.41. The molecule has 1 atom stereocenters. The zero-order valence-electron chi connectivity index (χ0n) is 10.2. The molecule has 4 heteroatoms. The average molecular weight is 314 g/mol. The molecule has 1 aliphatic heterocycles. The Morgan fingerprint density at radius 2 is 2.11 bits per heavy atom. The van der Waals surface area contributed by atoms with E-state index < -0.39 is 0 Å². The highest BCUT2D eigenvalue weighted by atomic mass is 79.9. The first-order chi connectivity index (χ1) is 8.70. The van der Waals surface area contributed by atoms with Gasteiger partial charge in [-0.3, -0.25) is 4.79 Å². The highest BCUT2D eigenvalue weighted by Gasteiger charge is 2.23. The third kappa shape index (κ3) is 3.31. The van der Waals surface area contributed by atoms with Crippen molar-refractivity contribution >= 4 is 21.8 Å². The molecule has 98 valence electrons. The van der Waals surface area contributed by atoms with E-state index in [2.05, 4.69) is 15.9 Å². The van der Waals surface area contributed by atoms with Gasteiger partial charge in [0.1, 0.15) is 5.82 Å². The van der Waals surface area contributed by atoms with Crippen LogP contribution in [0.4, 0.5) is 4.39 Å². The lowest BCUT2D eigenvalue weighted by Gasteiger charge is -2.32. The summed E-state index contributed by atoms with van der Waals surface area (Å²) in [7, 11) is 0. The van der Waals surface area contributed by atoms with Crippen molar-refractivity contribution in [3.63, 3.8) is 0 Å². The SMILES string of the molecule is O=C(c1ccc(F)cc1)N1CCCC(CCBr)C1. The van der Waals surface area contributed by atoms with Gasteiger partial charge in [-0.15, -0.1) is 0 Å². The quantitative estimate of drug-likeness (QED) is 0.783. The number of carbonyl (C=O) groups is 1. The number of amides is 1. The Kier molecular flexibility index (Phi) is 4.75. The minimum absolute atomic E-state index is 0.0225. The van der Waals surface area contributed by atoms with Crippen LogP contribution in [0, 0.1) is 11.7 Å². The maximum absolute atomic E-state index is 12.8. The van der Waals surface area contributed by atoms with Crippen LogP contribution in [0.2, 0.25) is 0 Å². The highest BCUT2D eigenvalue weighted by Crippen LogP contribution is 2.21. The van der Waals surface area contributed by atoms with Gasteiger partial charge in [-0.2, -0.15) is 0 Å². The molecule has 0 aromatic heterocycles. The van der Waals surface area contributed by atoms with Gasteiger partial charge in [-0.25, -0.2) is 4.39 Å². The van der Waals surface area contributed by atoms with Crippen LogP contribution in [0.5, 0.6) is 0 Å². The van der Waals surface area contributed by atoms with Gasteiger partial charge in [0.15, 0.2) is 0 Å². The number of piperidine rings is 1. The molecule has 0 saturated carbocycles. The van der Waals surface area contributed by atoms with Crippen molar-refractivity contribution in [1.82, 2.24) is 4.90 Å². The summed E-state index contributed by atoms with van der Waals surface area (Å²) in [4.78, 5) is 14.1. The average Bonchev–Trinajstić information content (AvgIpc) is 2.39. The fraction of sp³-hybridized carbons (Fsp3) is 0.500.